The Morgan fingerprint density at radius 1 is 1.58 bits per heavy atom. The first-order valence-corrected chi connectivity index (χ1v) is 7.57. The molecule has 1 aliphatic rings. The van der Waals surface area contributed by atoms with Crippen molar-refractivity contribution in [1.82, 2.24) is 19.7 Å². The highest BCUT2D eigenvalue weighted by molar-refractivity contribution is 9.10. The lowest BCUT2D eigenvalue weighted by atomic mass is 10.1. The maximum Gasteiger partial charge on any atom is 0.310 e. The summed E-state index contributed by atoms with van der Waals surface area (Å²) in [5.41, 5.74) is 0. The number of nitrogens with one attached hydrogen (secondary N) is 1. The molecule has 0 aliphatic heterocycles. The van der Waals surface area contributed by atoms with Crippen LogP contribution >= 0.6 is 15.9 Å². The minimum Gasteiger partial charge on any atom is -0.481 e. The van der Waals surface area contributed by atoms with Crippen LogP contribution in [0.3, 0.4) is 0 Å². The van der Waals surface area contributed by atoms with Crippen molar-refractivity contribution in [2.45, 2.75) is 17.5 Å². The van der Waals surface area contributed by atoms with Gasteiger partial charge >= 0.3 is 5.97 Å². The second-order valence-corrected chi connectivity index (χ2v) is 6.48. The SMILES string of the molecule is Cn1nnc(Br)c1S(=O)(=O)NC1C=CC(C(=O)O)C1. The summed E-state index contributed by atoms with van der Waals surface area (Å²) in [5, 5.41) is 15.9. The molecule has 1 aromatic rings. The van der Waals surface area contributed by atoms with E-state index in [2.05, 4.69) is 31.0 Å². The van der Waals surface area contributed by atoms with Crippen LogP contribution < -0.4 is 4.72 Å². The van der Waals surface area contributed by atoms with E-state index in [1.54, 1.807) is 0 Å². The highest BCUT2D eigenvalue weighted by atomic mass is 79.9. The van der Waals surface area contributed by atoms with Crippen molar-refractivity contribution in [2.24, 2.45) is 13.0 Å². The van der Waals surface area contributed by atoms with Crippen LogP contribution in [0.25, 0.3) is 0 Å². The lowest BCUT2D eigenvalue weighted by Gasteiger charge is -2.12. The molecule has 0 fully saturated rings. The first kappa shape index (κ1) is 14.2. The third kappa shape index (κ3) is 2.85. The Morgan fingerprint density at radius 3 is 2.74 bits per heavy atom. The predicted octanol–water partition coefficient (Wildman–Crippen LogP) is -0.115. The molecule has 0 saturated heterocycles. The van der Waals surface area contributed by atoms with E-state index in [-0.39, 0.29) is 16.0 Å². The van der Waals surface area contributed by atoms with Gasteiger partial charge in [0.15, 0.2) is 4.60 Å². The molecule has 1 aliphatic carbocycles. The first-order valence-electron chi connectivity index (χ1n) is 5.30. The number of carbonyl (C=O) groups is 1. The van der Waals surface area contributed by atoms with Crippen LogP contribution in [0.1, 0.15) is 6.42 Å². The van der Waals surface area contributed by atoms with Gasteiger partial charge in [-0.15, -0.1) is 5.10 Å². The number of hydrogen-bond acceptors (Lipinski definition) is 5. The zero-order valence-corrected chi connectivity index (χ0v) is 12.2. The van der Waals surface area contributed by atoms with Gasteiger partial charge in [-0.25, -0.2) is 17.8 Å². The van der Waals surface area contributed by atoms with Crippen LogP contribution in [0, 0.1) is 5.92 Å². The number of sulfonamides is 1. The Balaban J connectivity index is 2.16. The van der Waals surface area contributed by atoms with Crippen LogP contribution in [-0.4, -0.2) is 40.5 Å². The summed E-state index contributed by atoms with van der Waals surface area (Å²) in [6, 6.07) is -0.548. The molecule has 0 saturated carbocycles. The van der Waals surface area contributed by atoms with Gasteiger partial charge in [-0.1, -0.05) is 17.4 Å². The van der Waals surface area contributed by atoms with E-state index in [9.17, 15) is 13.2 Å². The molecule has 0 radical (unpaired) electrons. The van der Waals surface area contributed by atoms with Crippen LogP contribution in [0.15, 0.2) is 21.8 Å². The van der Waals surface area contributed by atoms with Gasteiger partial charge in [-0.2, -0.15) is 0 Å². The number of nitrogens with zero attached hydrogens (tertiary/aromatic N) is 3. The minimum absolute atomic E-state index is 0.0975. The van der Waals surface area contributed by atoms with Crippen molar-refractivity contribution in [3.63, 3.8) is 0 Å². The zero-order valence-electron chi connectivity index (χ0n) is 9.82. The average Bonchev–Trinajstić information content (AvgIpc) is 2.85. The van der Waals surface area contributed by atoms with Crippen LogP contribution in [0.4, 0.5) is 0 Å². The standard InChI is InChI=1S/C9H11BrN4O4S/c1-14-8(7(10)11-13-14)19(17,18)12-6-3-2-5(4-6)9(15)16/h2-3,5-6,12H,4H2,1H3,(H,15,16). The number of rotatable bonds is 4. The topological polar surface area (TPSA) is 114 Å². The van der Waals surface area contributed by atoms with E-state index < -0.39 is 28.0 Å². The molecule has 1 heterocycles. The Kier molecular flexibility index (Phi) is 3.74. The number of aromatic nitrogens is 3. The maximum absolute atomic E-state index is 12.1. The van der Waals surface area contributed by atoms with Gasteiger partial charge < -0.3 is 5.11 Å². The summed E-state index contributed by atoms with van der Waals surface area (Å²) in [4.78, 5) is 10.8. The Labute approximate surface area is 117 Å². The number of carboxylic acid groups (broad SMARTS) is 1. The molecule has 1 aromatic heterocycles. The lowest BCUT2D eigenvalue weighted by Crippen LogP contribution is -2.34. The molecule has 19 heavy (non-hydrogen) atoms. The number of aliphatic carboxylic acids is 1. The highest BCUT2D eigenvalue weighted by Gasteiger charge is 2.31. The molecule has 0 bridgehead atoms. The van der Waals surface area contributed by atoms with Crippen molar-refractivity contribution in [3.8, 4) is 0 Å². The van der Waals surface area contributed by atoms with Gasteiger partial charge in [-0.05, 0) is 22.4 Å². The van der Waals surface area contributed by atoms with Gasteiger partial charge in [-0.3, -0.25) is 4.79 Å². The van der Waals surface area contributed by atoms with E-state index in [1.807, 2.05) is 0 Å². The third-order valence-corrected chi connectivity index (χ3v) is 5.08. The second-order valence-electron chi connectivity index (χ2n) is 4.10. The van der Waals surface area contributed by atoms with Crippen LogP contribution in [-0.2, 0) is 21.9 Å². The van der Waals surface area contributed by atoms with Crippen molar-refractivity contribution in [1.29, 1.82) is 0 Å². The largest absolute Gasteiger partial charge is 0.481 e. The predicted molar refractivity (Wildman–Crippen MR) is 67.7 cm³/mol. The molecule has 8 nitrogen and oxygen atoms in total. The molecule has 0 aromatic carbocycles. The molecular formula is C9H11BrN4O4S. The number of halogens is 1. The minimum atomic E-state index is -3.81. The van der Waals surface area contributed by atoms with E-state index in [1.165, 1.54) is 19.2 Å². The van der Waals surface area contributed by atoms with Crippen molar-refractivity contribution in [3.05, 3.63) is 16.8 Å². The normalized spacial score (nSPS) is 22.8. The molecule has 2 N–H and O–H groups in total. The second kappa shape index (κ2) is 5.02. The molecule has 0 spiro atoms. The fraction of sp³-hybridized carbons (Fsp3) is 0.444. The van der Waals surface area contributed by atoms with Crippen molar-refractivity contribution < 1.29 is 18.3 Å². The maximum atomic E-state index is 12.1. The van der Waals surface area contributed by atoms with Gasteiger partial charge in [0.25, 0.3) is 10.0 Å². The molecular weight excluding hydrogens is 340 g/mol. The number of hydrogen-bond donors (Lipinski definition) is 2. The van der Waals surface area contributed by atoms with E-state index in [4.69, 9.17) is 5.11 Å². The summed E-state index contributed by atoms with van der Waals surface area (Å²) < 4.78 is 27.9. The van der Waals surface area contributed by atoms with Crippen LogP contribution in [0.5, 0.6) is 0 Å². The zero-order chi connectivity index (χ0) is 14.2. The summed E-state index contributed by atoms with van der Waals surface area (Å²) in [6.45, 7) is 0. The molecule has 10 heteroatoms. The lowest BCUT2D eigenvalue weighted by molar-refractivity contribution is -0.140. The van der Waals surface area contributed by atoms with Gasteiger partial charge in [0.05, 0.1) is 5.92 Å². The average molecular weight is 351 g/mol. The quantitative estimate of drug-likeness (QED) is 0.732. The highest BCUT2D eigenvalue weighted by Crippen LogP contribution is 2.22. The van der Waals surface area contributed by atoms with Crippen molar-refractivity contribution >= 4 is 31.9 Å². The molecule has 2 unspecified atom stereocenters. The molecule has 2 atom stereocenters. The van der Waals surface area contributed by atoms with E-state index >= 15 is 0 Å². The van der Waals surface area contributed by atoms with E-state index in [0.717, 1.165) is 4.68 Å². The molecule has 0 amide bonds. The monoisotopic (exact) mass is 350 g/mol. The van der Waals surface area contributed by atoms with Crippen LogP contribution in [0.2, 0.25) is 0 Å². The summed E-state index contributed by atoms with van der Waals surface area (Å²) in [6.07, 6.45) is 3.21. The molecule has 2 rings (SSSR count). The Morgan fingerprint density at radius 2 is 2.26 bits per heavy atom. The van der Waals surface area contributed by atoms with Gasteiger partial charge in [0, 0.05) is 13.1 Å². The number of carboxylic acids is 1. The fourth-order valence-corrected chi connectivity index (χ4v) is 4.13. The van der Waals surface area contributed by atoms with Crippen molar-refractivity contribution in [2.75, 3.05) is 0 Å². The Hall–Kier alpha value is -1.26. The summed E-state index contributed by atoms with van der Waals surface area (Å²) in [7, 11) is -2.36. The number of aryl methyl sites for hydroxylation is 1. The summed E-state index contributed by atoms with van der Waals surface area (Å²) >= 11 is 3.01. The first-order chi connectivity index (χ1) is 8.81. The smallest absolute Gasteiger partial charge is 0.310 e. The van der Waals surface area contributed by atoms with Gasteiger partial charge in [0.2, 0.25) is 5.03 Å². The fourth-order valence-electron chi connectivity index (χ4n) is 1.83. The van der Waals surface area contributed by atoms with E-state index in [0.29, 0.717) is 0 Å². The molecule has 104 valence electrons. The third-order valence-electron chi connectivity index (χ3n) is 2.70. The summed E-state index contributed by atoms with van der Waals surface area (Å²) in [5.74, 6) is -1.64. The Bertz CT molecular complexity index is 619. The van der Waals surface area contributed by atoms with Gasteiger partial charge in [0.1, 0.15) is 0 Å².